The maximum Gasteiger partial charge on any atom is 0.531 e. The third-order valence-corrected chi connectivity index (χ3v) is 1.82. The van der Waals surface area contributed by atoms with Crippen molar-refractivity contribution < 1.29 is 31.7 Å². The first-order valence-corrected chi connectivity index (χ1v) is 4.72. The zero-order valence-corrected chi connectivity index (χ0v) is 8.15. The molecule has 0 aliphatic rings. The summed E-state index contributed by atoms with van der Waals surface area (Å²) in [5.74, 6) is 0. The van der Waals surface area contributed by atoms with Gasteiger partial charge in [0, 0.05) is 0 Å². The Morgan fingerprint density at radius 3 is 1.77 bits per heavy atom. The number of phosphoric acid groups is 1. The lowest BCUT2D eigenvalue weighted by Gasteiger charge is -2.22. The first kappa shape index (κ1) is 12.9. The summed E-state index contributed by atoms with van der Waals surface area (Å²) in [5, 5.41) is 0. The van der Waals surface area contributed by atoms with E-state index in [-0.39, 0.29) is 0 Å². The maximum atomic E-state index is 11.5. The third kappa shape index (κ3) is 8.24. The first-order valence-electron chi connectivity index (χ1n) is 3.22. The molecule has 4 nitrogen and oxygen atoms in total. The monoisotopic (exact) mass is 222 g/mol. The molecule has 8 heteroatoms. The van der Waals surface area contributed by atoms with E-state index in [9.17, 15) is 17.7 Å². The Labute approximate surface area is 73.3 Å². The average molecular weight is 222 g/mol. The summed E-state index contributed by atoms with van der Waals surface area (Å²) in [6, 6.07) is 0. The van der Waals surface area contributed by atoms with Crippen molar-refractivity contribution in [3.05, 3.63) is 0 Å². The number of hydrogen-bond acceptors (Lipinski definition) is 3. The van der Waals surface area contributed by atoms with Crippen LogP contribution in [0.25, 0.3) is 0 Å². The molecule has 0 aromatic heterocycles. The fourth-order valence-corrected chi connectivity index (χ4v) is 1.49. The molecule has 0 aromatic rings. The van der Waals surface area contributed by atoms with Gasteiger partial charge < -0.3 is 4.89 Å². The summed E-state index contributed by atoms with van der Waals surface area (Å²) in [5.41, 5.74) is -1.18. The van der Waals surface area contributed by atoms with Gasteiger partial charge in [0.2, 0.25) is 0 Å². The van der Waals surface area contributed by atoms with Crippen LogP contribution in [0.4, 0.5) is 13.2 Å². The fraction of sp³-hybridized carbons (Fsp3) is 1.00. The van der Waals surface area contributed by atoms with Gasteiger partial charge in [-0.05, 0) is 20.8 Å². The van der Waals surface area contributed by atoms with Gasteiger partial charge in [0.1, 0.15) is 0 Å². The normalized spacial score (nSPS) is 18.4. The van der Waals surface area contributed by atoms with Gasteiger partial charge in [-0.2, -0.15) is 4.52 Å². The average Bonchev–Trinajstić information content (AvgIpc) is 1.43. The highest BCUT2D eigenvalue weighted by molar-refractivity contribution is 7.47. The Bertz CT molecular complexity index is 199. The molecule has 0 fully saturated rings. The van der Waals surface area contributed by atoms with Crippen molar-refractivity contribution in [1.29, 1.82) is 0 Å². The highest BCUT2D eigenvalue weighted by Gasteiger charge is 2.42. The van der Waals surface area contributed by atoms with Crippen LogP contribution in [0, 0.1) is 0 Å². The summed E-state index contributed by atoms with van der Waals surface area (Å²) in [7, 11) is -5.06. The summed E-state index contributed by atoms with van der Waals surface area (Å²) >= 11 is 0. The second-order valence-electron chi connectivity index (χ2n) is 3.21. The number of halogens is 3. The van der Waals surface area contributed by atoms with Gasteiger partial charge in [0.05, 0.1) is 5.60 Å². The predicted molar refractivity (Wildman–Crippen MR) is 37.8 cm³/mol. The molecule has 0 saturated heterocycles. The van der Waals surface area contributed by atoms with Gasteiger partial charge in [-0.15, -0.1) is 13.2 Å². The van der Waals surface area contributed by atoms with Gasteiger partial charge in [-0.25, -0.2) is 4.57 Å². The minimum absolute atomic E-state index is 1.18. The van der Waals surface area contributed by atoms with Crippen molar-refractivity contribution in [1.82, 2.24) is 0 Å². The van der Waals surface area contributed by atoms with E-state index >= 15 is 0 Å². The van der Waals surface area contributed by atoms with Gasteiger partial charge in [-0.1, -0.05) is 0 Å². The molecule has 0 spiro atoms. The summed E-state index contributed by atoms with van der Waals surface area (Å²) < 4.78 is 52.2. The lowest BCUT2D eigenvalue weighted by atomic mass is 10.2. The van der Waals surface area contributed by atoms with Crippen LogP contribution in [0.1, 0.15) is 20.8 Å². The van der Waals surface area contributed by atoms with Crippen LogP contribution in [0.15, 0.2) is 0 Å². The SMILES string of the molecule is CC(C)(C)OP(=O)(O)OC(F)(F)F. The third-order valence-electron chi connectivity index (χ3n) is 0.608. The Balaban J connectivity index is 4.35. The summed E-state index contributed by atoms with van der Waals surface area (Å²) in [6.07, 6.45) is -5.18. The van der Waals surface area contributed by atoms with Crippen molar-refractivity contribution in [2.24, 2.45) is 0 Å². The van der Waals surface area contributed by atoms with Gasteiger partial charge >= 0.3 is 14.2 Å². The number of hydrogen-bond donors (Lipinski definition) is 1. The van der Waals surface area contributed by atoms with Gasteiger partial charge in [-0.3, -0.25) is 4.52 Å². The minimum Gasteiger partial charge on any atom is -0.302 e. The van der Waals surface area contributed by atoms with Crippen molar-refractivity contribution in [3.8, 4) is 0 Å². The molecule has 0 aliphatic heterocycles. The summed E-state index contributed by atoms with van der Waals surface area (Å²) in [4.78, 5) is 8.58. The molecule has 0 radical (unpaired) electrons. The Morgan fingerprint density at radius 1 is 1.15 bits per heavy atom. The van der Waals surface area contributed by atoms with Gasteiger partial charge in [0.25, 0.3) is 0 Å². The molecule has 0 saturated carbocycles. The van der Waals surface area contributed by atoms with E-state index in [0.29, 0.717) is 0 Å². The number of rotatable bonds is 2. The van der Waals surface area contributed by atoms with Crippen molar-refractivity contribution >= 4 is 7.82 Å². The van der Waals surface area contributed by atoms with E-state index in [1.54, 1.807) is 0 Å². The molecule has 1 N–H and O–H groups in total. The zero-order chi connectivity index (χ0) is 10.9. The van der Waals surface area contributed by atoms with Crippen molar-refractivity contribution in [2.45, 2.75) is 32.7 Å². The van der Waals surface area contributed by atoms with E-state index in [1.807, 2.05) is 0 Å². The van der Waals surface area contributed by atoms with E-state index in [1.165, 1.54) is 20.8 Å². The lowest BCUT2D eigenvalue weighted by Crippen LogP contribution is -2.21. The van der Waals surface area contributed by atoms with Crippen LogP contribution in [-0.4, -0.2) is 16.9 Å². The van der Waals surface area contributed by atoms with E-state index in [4.69, 9.17) is 4.89 Å². The van der Waals surface area contributed by atoms with Crippen LogP contribution >= 0.6 is 7.82 Å². The summed E-state index contributed by atoms with van der Waals surface area (Å²) in [6.45, 7) is 3.99. The second-order valence-corrected chi connectivity index (χ2v) is 4.51. The molecule has 1 atom stereocenters. The van der Waals surface area contributed by atoms with E-state index in [0.717, 1.165) is 0 Å². The van der Waals surface area contributed by atoms with Gasteiger partial charge in [0.15, 0.2) is 0 Å². The smallest absolute Gasteiger partial charge is 0.302 e. The molecule has 13 heavy (non-hydrogen) atoms. The number of alkyl halides is 3. The van der Waals surface area contributed by atoms with Crippen LogP contribution in [-0.2, 0) is 13.6 Å². The predicted octanol–water partition coefficient (Wildman–Crippen LogP) is 2.44. The largest absolute Gasteiger partial charge is 0.531 e. The van der Waals surface area contributed by atoms with Crippen molar-refractivity contribution in [3.63, 3.8) is 0 Å². The molecule has 0 bridgehead atoms. The van der Waals surface area contributed by atoms with Crippen LogP contribution < -0.4 is 0 Å². The zero-order valence-electron chi connectivity index (χ0n) is 7.25. The molecule has 0 heterocycles. The molecule has 0 amide bonds. The maximum absolute atomic E-state index is 11.5. The molecule has 0 aromatic carbocycles. The molecular weight excluding hydrogens is 212 g/mol. The fourth-order valence-electron chi connectivity index (χ4n) is 0.496. The Morgan fingerprint density at radius 2 is 1.54 bits per heavy atom. The highest BCUT2D eigenvalue weighted by Crippen LogP contribution is 2.51. The van der Waals surface area contributed by atoms with Crippen LogP contribution in [0.5, 0.6) is 0 Å². The van der Waals surface area contributed by atoms with E-state index in [2.05, 4.69) is 9.05 Å². The second kappa shape index (κ2) is 3.57. The topological polar surface area (TPSA) is 55.8 Å². The highest BCUT2D eigenvalue weighted by atomic mass is 31.2. The van der Waals surface area contributed by atoms with Crippen LogP contribution in [0.2, 0.25) is 0 Å². The molecular formula is C5H10F3O4P. The molecule has 0 rings (SSSR count). The molecule has 1 unspecified atom stereocenters. The van der Waals surface area contributed by atoms with E-state index < -0.39 is 19.8 Å². The standard InChI is InChI=1S/C5H10F3O4P/c1-4(2,3)11-13(9,10)12-5(6,7)8/h1-3H3,(H,9,10). The van der Waals surface area contributed by atoms with Crippen molar-refractivity contribution in [2.75, 3.05) is 0 Å². The molecule has 80 valence electrons. The van der Waals surface area contributed by atoms with Crippen LogP contribution in [0.3, 0.4) is 0 Å². The minimum atomic E-state index is -5.18. The Hall–Kier alpha value is -0.100. The lowest BCUT2D eigenvalue weighted by molar-refractivity contribution is -0.284. The quantitative estimate of drug-likeness (QED) is 0.729. The number of phosphoric ester groups is 1. The Kier molecular flexibility index (Phi) is 3.54. The first-order chi connectivity index (χ1) is 5.41. The molecule has 0 aliphatic carbocycles.